The molecular weight excluding hydrogens is 362 g/mol. The van der Waals surface area contributed by atoms with Crippen LogP contribution in [0.2, 0.25) is 5.02 Å². The van der Waals surface area contributed by atoms with Gasteiger partial charge in [-0.1, -0.05) is 29.8 Å². The Bertz CT molecular complexity index is 904. The van der Waals surface area contributed by atoms with E-state index in [1.807, 2.05) is 73.3 Å². The number of aliphatic hydroxyl groups excluding tert-OH is 1. The van der Waals surface area contributed by atoms with Crippen LogP contribution in [0.25, 0.3) is 16.9 Å². The van der Waals surface area contributed by atoms with Crippen molar-refractivity contribution < 1.29 is 9.84 Å². The lowest BCUT2D eigenvalue weighted by Crippen LogP contribution is -2.42. The van der Waals surface area contributed by atoms with Crippen molar-refractivity contribution in [2.24, 2.45) is 0 Å². The largest absolute Gasteiger partial charge is 0.497 e. The summed E-state index contributed by atoms with van der Waals surface area (Å²) in [6.07, 6.45) is 1.99. The lowest BCUT2D eigenvalue weighted by Gasteiger charge is -2.23. The van der Waals surface area contributed by atoms with E-state index in [1.54, 1.807) is 7.11 Å². The van der Waals surface area contributed by atoms with Gasteiger partial charge in [-0.3, -0.25) is 0 Å². The molecule has 3 aromatic rings. The van der Waals surface area contributed by atoms with Gasteiger partial charge in [0.25, 0.3) is 0 Å². The van der Waals surface area contributed by atoms with Gasteiger partial charge in [0.05, 0.1) is 30.1 Å². The minimum Gasteiger partial charge on any atom is -0.497 e. The van der Waals surface area contributed by atoms with Crippen molar-refractivity contribution in [1.29, 1.82) is 0 Å². The Labute approximate surface area is 164 Å². The van der Waals surface area contributed by atoms with Gasteiger partial charge >= 0.3 is 0 Å². The van der Waals surface area contributed by atoms with Crippen LogP contribution < -0.4 is 10.1 Å². The Morgan fingerprint density at radius 3 is 2.48 bits per heavy atom. The summed E-state index contributed by atoms with van der Waals surface area (Å²) in [5.74, 6) is 0.795. The van der Waals surface area contributed by atoms with Crippen molar-refractivity contribution in [1.82, 2.24) is 15.1 Å². The lowest BCUT2D eigenvalue weighted by atomic mass is 10.0. The number of aromatic nitrogens is 2. The van der Waals surface area contributed by atoms with Crippen molar-refractivity contribution in [3.63, 3.8) is 0 Å². The fourth-order valence-corrected chi connectivity index (χ4v) is 2.90. The first-order valence-corrected chi connectivity index (χ1v) is 9.15. The van der Waals surface area contributed by atoms with Crippen LogP contribution in [0.4, 0.5) is 0 Å². The van der Waals surface area contributed by atoms with Crippen LogP contribution in [0.5, 0.6) is 5.75 Å². The first-order chi connectivity index (χ1) is 12.9. The van der Waals surface area contributed by atoms with E-state index >= 15 is 0 Å². The zero-order valence-corrected chi connectivity index (χ0v) is 16.5. The molecular formula is C21H24ClN3O2. The topological polar surface area (TPSA) is 59.3 Å². The molecule has 2 aromatic carbocycles. The summed E-state index contributed by atoms with van der Waals surface area (Å²) in [7, 11) is 1.64. The molecule has 0 atom stereocenters. The molecule has 0 amide bonds. The third kappa shape index (κ3) is 4.50. The second kappa shape index (κ2) is 8.13. The van der Waals surface area contributed by atoms with Gasteiger partial charge in [-0.05, 0) is 44.2 Å². The minimum atomic E-state index is -0.389. The van der Waals surface area contributed by atoms with Gasteiger partial charge in [-0.2, -0.15) is 5.10 Å². The van der Waals surface area contributed by atoms with E-state index in [0.717, 1.165) is 28.3 Å². The van der Waals surface area contributed by atoms with Gasteiger partial charge in [0, 0.05) is 29.4 Å². The van der Waals surface area contributed by atoms with E-state index in [4.69, 9.17) is 21.4 Å². The molecule has 0 spiro atoms. The SMILES string of the molecule is COc1ccc(-n2cc(CNC(C)(C)CO)c(-c3ccccc3Cl)n2)cc1. The number of halogens is 1. The maximum Gasteiger partial charge on any atom is 0.119 e. The van der Waals surface area contributed by atoms with Crippen LogP contribution in [-0.2, 0) is 6.54 Å². The zero-order chi connectivity index (χ0) is 19.4. The predicted octanol–water partition coefficient (Wildman–Crippen LogP) is 4.06. The van der Waals surface area contributed by atoms with E-state index < -0.39 is 0 Å². The summed E-state index contributed by atoms with van der Waals surface area (Å²) in [6.45, 7) is 4.51. The van der Waals surface area contributed by atoms with Gasteiger partial charge in [0.1, 0.15) is 5.75 Å². The molecule has 1 aromatic heterocycles. The normalized spacial score (nSPS) is 11.6. The highest BCUT2D eigenvalue weighted by atomic mass is 35.5. The fourth-order valence-electron chi connectivity index (χ4n) is 2.68. The van der Waals surface area contributed by atoms with E-state index in [2.05, 4.69) is 5.32 Å². The maximum absolute atomic E-state index is 9.52. The monoisotopic (exact) mass is 385 g/mol. The van der Waals surface area contributed by atoms with Crippen LogP contribution in [0, 0.1) is 0 Å². The third-order valence-electron chi connectivity index (χ3n) is 4.41. The number of methoxy groups -OCH3 is 1. The van der Waals surface area contributed by atoms with Gasteiger partial charge in [0.2, 0.25) is 0 Å². The second-order valence-corrected chi connectivity index (χ2v) is 7.43. The van der Waals surface area contributed by atoms with Crippen LogP contribution in [-0.4, -0.2) is 34.1 Å². The van der Waals surface area contributed by atoms with Gasteiger partial charge in [-0.25, -0.2) is 4.68 Å². The van der Waals surface area contributed by atoms with Gasteiger partial charge < -0.3 is 15.2 Å². The summed E-state index contributed by atoms with van der Waals surface area (Å²) in [5, 5.41) is 18.3. The Balaban J connectivity index is 2.01. The predicted molar refractivity (Wildman–Crippen MR) is 109 cm³/mol. The summed E-state index contributed by atoms with van der Waals surface area (Å²) in [4.78, 5) is 0. The van der Waals surface area contributed by atoms with Crippen LogP contribution in [0.1, 0.15) is 19.4 Å². The molecule has 27 heavy (non-hydrogen) atoms. The third-order valence-corrected chi connectivity index (χ3v) is 4.74. The number of benzene rings is 2. The van der Waals surface area contributed by atoms with Crippen molar-refractivity contribution in [2.45, 2.75) is 25.9 Å². The number of nitrogens with one attached hydrogen (secondary N) is 1. The van der Waals surface area contributed by atoms with Crippen molar-refractivity contribution in [3.8, 4) is 22.7 Å². The van der Waals surface area contributed by atoms with Crippen LogP contribution in [0.15, 0.2) is 54.7 Å². The quantitative estimate of drug-likeness (QED) is 0.643. The smallest absolute Gasteiger partial charge is 0.119 e. The first-order valence-electron chi connectivity index (χ1n) is 8.77. The summed E-state index contributed by atoms with van der Waals surface area (Å²) in [5.41, 5.74) is 3.24. The molecule has 0 radical (unpaired) electrons. The average molecular weight is 386 g/mol. The Morgan fingerprint density at radius 1 is 1.15 bits per heavy atom. The molecule has 0 aliphatic carbocycles. The fraction of sp³-hybridized carbons (Fsp3) is 0.286. The molecule has 0 fully saturated rings. The van der Waals surface area contributed by atoms with E-state index in [9.17, 15) is 5.11 Å². The molecule has 5 nitrogen and oxygen atoms in total. The molecule has 0 unspecified atom stereocenters. The van der Waals surface area contributed by atoms with Crippen molar-refractivity contribution >= 4 is 11.6 Å². The molecule has 142 valence electrons. The molecule has 3 rings (SSSR count). The van der Waals surface area contributed by atoms with E-state index in [1.165, 1.54) is 0 Å². The maximum atomic E-state index is 9.52. The highest BCUT2D eigenvalue weighted by molar-refractivity contribution is 6.33. The number of hydrogen-bond acceptors (Lipinski definition) is 4. The number of ether oxygens (including phenoxy) is 1. The molecule has 6 heteroatoms. The van der Waals surface area contributed by atoms with Crippen molar-refractivity contribution in [2.75, 3.05) is 13.7 Å². The number of hydrogen-bond donors (Lipinski definition) is 2. The molecule has 1 heterocycles. The summed E-state index contributed by atoms with van der Waals surface area (Å²) in [6, 6.07) is 15.4. The highest BCUT2D eigenvalue weighted by Gasteiger charge is 2.19. The second-order valence-electron chi connectivity index (χ2n) is 7.02. The Hall–Kier alpha value is -2.34. The standard InChI is InChI=1S/C21H24ClN3O2/c1-21(2,14-26)23-12-15-13-25(16-8-10-17(27-3)11-9-16)24-20(15)18-6-4-5-7-19(18)22/h4-11,13,23,26H,12,14H2,1-3H3. The number of nitrogens with zero attached hydrogens (tertiary/aromatic N) is 2. The van der Waals surface area contributed by atoms with Crippen molar-refractivity contribution in [3.05, 3.63) is 65.3 Å². The molecule has 0 saturated carbocycles. The van der Waals surface area contributed by atoms with Crippen LogP contribution in [0.3, 0.4) is 0 Å². The Kier molecular flexibility index (Phi) is 5.85. The molecule has 2 N–H and O–H groups in total. The molecule has 0 aliphatic heterocycles. The highest BCUT2D eigenvalue weighted by Crippen LogP contribution is 2.30. The first kappa shape index (κ1) is 19.4. The zero-order valence-electron chi connectivity index (χ0n) is 15.7. The number of aliphatic hydroxyl groups is 1. The molecule has 0 aliphatic rings. The van der Waals surface area contributed by atoms with E-state index in [-0.39, 0.29) is 12.1 Å². The van der Waals surface area contributed by atoms with Gasteiger partial charge in [0.15, 0.2) is 0 Å². The van der Waals surface area contributed by atoms with E-state index in [0.29, 0.717) is 11.6 Å². The summed E-state index contributed by atoms with van der Waals surface area (Å²) >= 11 is 6.42. The molecule has 0 saturated heterocycles. The molecule has 0 bridgehead atoms. The number of rotatable bonds is 7. The lowest BCUT2D eigenvalue weighted by molar-refractivity contribution is 0.187. The average Bonchev–Trinajstić information content (AvgIpc) is 3.11. The summed E-state index contributed by atoms with van der Waals surface area (Å²) < 4.78 is 7.06. The Morgan fingerprint density at radius 2 is 1.85 bits per heavy atom. The van der Waals surface area contributed by atoms with Gasteiger partial charge in [-0.15, -0.1) is 0 Å². The van der Waals surface area contributed by atoms with Crippen LogP contribution >= 0.6 is 11.6 Å². The minimum absolute atomic E-state index is 0.0427.